The van der Waals surface area contributed by atoms with Crippen LogP contribution in [0.3, 0.4) is 0 Å². The minimum absolute atomic E-state index is 0.691. The average Bonchev–Trinajstić information content (AvgIpc) is 2.67. The quantitative estimate of drug-likeness (QED) is 0.900. The highest BCUT2D eigenvalue weighted by Gasteiger charge is 2.03. The summed E-state index contributed by atoms with van der Waals surface area (Å²) in [4.78, 5) is 5.64. The average molecular weight is 243 g/mol. The molecule has 4 heteroatoms. The standard InChI is InChI=1S/C13H13N3S/c1-9-10(2)17-13(16-9)15-8-12-5-3-4-11(6-12)7-14/h3-6H,8H2,1-2H3,(H,15,16). The minimum Gasteiger partial charge on any atom is -0.357 e. The zero-order valence-electron chi connectivity index (χ0n) is 9.82. The molecule has 86 valence electrons. The molecule has 17 heavy (non-hydrogen) atoms. The van der Waals surface area contributed by atoms with Crippen LogP contribution in [-0.4, -0.2) is 4.98 Å². The van der Waals surface area contributed by atoms with Gasteiger partial charge in [0.1, 0.15) is 0 Å². The number of nitrogens with one attached hydrogen (secondary N) is 1. The Morgan fingerprint density at radius 1 is 1.41 bits per heavy atom. The van der Waals surface area contributed by atoms with Crippen molar-refractivity contribution in [2.24, 2.45) is 0 Å². The van der Waals surface area contributed by atoms with Crippen molar-refractivity contribution in [1.82, 2.24) is 4.98 Å². The Hall–Kier alpha value is -1.86. The first-order chi connectivity index (χ1) is 8.19. The van der Waals surface area contributed by atoms with Crippen LogP contribution in [0.15, 0.2) is 24.3 Å². The lowest BCUT2D eigenvalue weighted by molar-refractivity contribution is 1.11. The summed E-state index contributed by atoms with van der Waals surface area (Å²) >= 11 is 1.66. The molecule has 1 aromatic heterocycles. The third-order valence-corrected chi connectivity index (χ3v) is 3.56. The van der Waals surface area contributed by atoms with E-state index in [0.29, 0.717) is 12.1 Å². The smallest absolute Gasteiger partial charge is 0.183 e. The molecule has 1 heterocycles. The molecule has 0 bridgehead atoms. The van der Waals surface area contributed by atoms with Gasteiger partial charge in [0.05, 0.1) is 17.3 Å². The molecule has 0 unspecified atom stereocenters. The zero-order valence-corrected chi connectivity index (χ0v) is 10.6. The van der Waals surface area contributed by atoms with Crippen LogP contribution in [0.1, 0.15) is 21.7 Å². The number of thiazole rings is 1. The van der Waals surface area contributed by atoms with Crippen LogP contribution >= 0.6 is 11.3 Å². The molecule has 0 aliphatic rings. The summed E-state index contributed by atoms with van der Waals surface area (Å²) in [7, 11) is 0. The summed E-state index contributed by atoms with van der Waals surface area (Å²) in [5, 5.41) is 13.0. The van der Waals surface area contributed by atoms with Gasteiger partial charge in [0.2, 0.25) is 0 Å². The van der Waals surface area contributed by atoms with Crippen LogP contribution in [0.25, 0.3) is 0 Å². The first-order valence-corrected chi connectivity index (χ1v) is 6.17. The van der Waals surface area contributed by atoms with Gasteiger partial charge < -0.3 is 5.32 Å². The molecule has 0 atom stereocenters. The Kier molecular flexibility index (Phi) is 3.40. The van der Waals surface area contributed by atoms with Gasteiger partial charge in [-0.2, -0.15) is 5.26 Å². The molecule has 0 saturated carbocycles. The molecule has 1 aromatic carbocycles. The van der Waals surface area contributed by atoms with Gasteiger partial charge in [0.25, 0.3) is 0 Å². The molecule has 0 fully saturated rings. The number of nitrogens with zero attached hydrogens (tertiary/aromatic N) is 2. The highest BCUT2D eigenvalue weighted by atomic mass is 32.1. The molecule has 0 amide bonds. The summed E-state index contributed by atoms with van der Waals surface area (Å²) in [6.07, 6.45) is 0. The maximum atomic E-state index is 8.81. The van der Waals surface area contributed by atoms with Crippen LogP contribution in [0, 0.1) is 25.2 Å². The lowest BCUT2D eigenvalue weighted by Gasteiger charge is -2.02. The normalized spacial score (nSPS) is 9.94. The van der Waals surface area contributed by atoms with Crippen LogP contribution in [0.4, 0.5) is 5.13 Å². The number of hydrogen-bond donors (Lipinski definition) is 1. The van der Waals surface area contributed by atoms with Crippen molar-refractivity contribution in [3.05, 3.63) is 46.0 Å². The summed E-state index contributed by atoms with van der Waals surface area (Å²) in [6, 6.07) is 9.73. The third kappa shape index (κ3) is 2.83. The van der Waals surface area contributed by atoms with E-state index >= 15 is 0 Å². The van der Waals surface area contributed by atoms with E-state index in [2.05, 4.69) is 23.3 Å². The van der Waals surface area contributed by atoms with Crippen molar-refractivity contribution in [2.45, 2.75) is 20.4 Å². The fourth-order valence-corrected chi connectivity index (χ4v) is 2.29. The second-order valence-corrected chi connectivity index (χ2v) is 5.03. The van der Waals surface area contributed by atoms with Gasteiger partial charge >= 0.3 is 0 Å². The first kappa shape index (κ1) is 11.6. The number of rotatable bonds is 3. The van der Waals surface area contributed by atoms with Gasteiger partial charge in [-0.1, -0.05) is 12.1 Å². The molecular formula is C13H13N3S. The number of nitriles is 1. The third-order valence-electron chi connectivity index (χ3n) is 2.53. The van der Waals surface area contributed by atoms with E-state index in [0.717, 1.165) is 16.4 Å². The van der Waals surface area contributed by atoms with E-state index in [9.17, 15) is 0 Å². The maximum absolute atomic E-state index is 8.81. The van der Waals surface area contributed by atoms with Crippen molar-refractivity contribution in [3.63, 3.8) is 0 Å². The predicted octanol–water partition coefficient (Wildman–Crippen LogP) is 3.24. The highest BCUT2D eigenvalue weighted by molar-refractivity contribution is 7.15. The Labute approximate surface area is 105 Å². The summed E-state index contributed by atoms with van der Waals surface area (Å²) in [5.74, 6) is 0. The van der Waals surface area contributed by atoms with Gasteiger partial charge in [-0.15, -0.1) is 11.3 Å². The molecule has 0 spiro atoms. The first-order valence-electron chi connectivity index (χ1n) is 5.36. The monoisotopic (exact) mass is 243 g/mol. The molecule has 0 aliphatic heterocycles. The van der Waals surface area contributed by atoms with E-state index in [1.165, 1.54) is 4.88 Å². The fraction of sp³-hybridized carbons (Fsp3) is 0.231. The summed E-state index contributed by atoms with van der Waals surface area (Å²) < 4.78 is 0. The molecule has 0 radical (unpaired) electrons. The van der Waals surface area contributed by atoms with Crippen molar-refractivity contribution in [1.29, 1.82) is 5.26 Å². The largest absolute Gasteiger partial charge is 0.357 e. The van der Waals surface area contributed by atoms with Gasteiger partial charge in [0, 0.05) is 11.4 Å². The maximum Gasteiger partial charge on any atom is 0.183 e. The number of aryl methyl sites for hydroxylation is 2. The van der Waals surface area contributed by atoms with E-state index in [1.54, 1.807) is 17.4 Å². The second-order valence-electron chi connectivity index (χ2n) is 3.83. The van der Waals surface area contributed by atoms with Crippen LogP contribution < -0.4 is 5.32 Å². The predicted molar refractivity (Wildman–Crippen MR) is 70.1 cm³/mol. The van der Waals surface area contributed by atoms with E-state index in [-0.39, 0.29) is 0 Å². The zero-order chi connectivity index (χ0) is 12.3. The van der Waals surface area contributed by atoms with E-state index < -0.39 is 0 Å². The molecule has 3 nitrogen and oxygen atoms in total. The number of hydrogen-bond acceptors (Lipinski definition) is 4. The summed E-state index contributed by atoms with van der Waals surface area (Å²) in [6.45, 7) is 4.77. The van der Waals surface area contributed by atoms with Crippen molar-refractivity contribution in [2.75, 3.05) is 5.32 Å². The van der Waals surface area contributed by atoms with Gasteiger partial charge in [0.15, 0.2) is 5.13 Å². The molecule has 0 aliphatic carbocycles. The number of benzene rings is 1. The van der Waals surface area contributed by atoms with Gasteiger partial charge in [-0.3, -0.25) is 0 Å². The lowest BCUT2D eigenvalue weighted by atomic mass is 10.1. The molecule has 2 aromatic rings. The van der Waals surface area contributed by atoms with Crippen LogP contribution in [0.5, 0.6) is 0 Å². The number of aromatic nitrogens is 1. The molecular weight excluding hydrogens is 230 g/mol. The highest BCUT2D eigenvalue weighted by Crippen LogP contribution is 2.21. The van der Waals surface area contributed by atoms with Crippen molar-refractivity contribution < 1.29 is 0 Å². The minimum atomic E-state index is 0.691. The van der Waals surface area contributed by atoms with E-state index in [4.69, 9.17) is 5.26 Å². The Morgan fingerprint density at radius 3 is 2.88 bits per heavy atom. The molecule has 1 N–H and O–H groups in total. The van der Waals surface area contributed by atoms with Gasteiger partial charge in [-0.25, -0.2) is 4.98 Å². The van der Waals surface area contributed by atoms with Crippen molar-refractivity contribution >= 4 is 16.5 Å². The Bertz CT molecular complexity index is 547. The molecule has 0 saturated heterocycles. The lowest BCUT2D eigenvalue weighted by Crippen LogP contribution is -1.99. The van der Waals surface area contributed by atoms with E-state index in [1.807, 2.05) is 25.1 Å². The SMILES string of the molecule is Cc1nc(NCc2cccc(C#N)c2)sc1C. The second kappa shape index (κ2) is 4.98. The summed E-state index contributed by atoms with van der Waals surface area (Å²) in [5.41, 5.74) is 2.86. The molecule has 2 rings (SSSR count). The topological polar surface area (TPSA) is 48.7 Å². The fourth-order valence-electron chi connectivity index (χ4n) is 1.48. The van der Waals surface area contributed by atoms with Crippen LogP contribution in [0.2, 0.25) is 0 Å². The number of anilines is 1. The van der Waals surface area contributed by atoms with Crippen molar-refractivity contribution in [3.8, 4) is 6.07 Å². The van der Waals surface area contributed by atoms with Gasteiger partial charge in [-0.05, 0) is 31.5 Å². The van der Waals surface area contributed by atoms with Crippen LogP contribution in [-0.2, 0) is 6.54 Å². The Morgan fingerprint density at radius 2 is 2.24 bits per heavy atom. The Balaban J connectivity index is 2.05.